The summed E-state index contributed by atoms with van der Waals surface area (Å²) in [5.41, 5.74) is 4.69. The molecular weight excluding hydrogens is 243 g/mol. The zero-order chi connectivity index (χ0) is 13.2. The topological polar surface area (TPSA) is 38.0 Å². The fourth-order valence-electron chi connectivity index (χ4n) is 1.37. The molecule has 0 spiro atoms. The van der Waals surface area contributed by atoms with Crippen LogP contribution in [0.2, 0.25) is 0 Å². The van der Waals surface area contributed by atoms with Gasteiger partial charge in [0.2, 0.25) is 0 Å². The van der Waals surface area contributed by atoms with Gasteiger partial charge >= 0.3 is 6.18 Å². The van der Waals surface area contributed by atoms with Crippen LogP contribution in [0.4, 0.5) is 33.3 Å². The van der Waals surface area contributed by atoms with Crippen LogP contribution in [0.15, 0.2) is 12.1 Å². The van der Waals surface area contributed by atoms with Gasteiger partial charge in [-0.3, -0.25) is 0 Å². The summed E-state index contributed by atoms with van der Waals surface area (Å²) < 4.78 is 62.0. The van der Waals surface area contributed by atoms with Gasteiger partial charge in [0.25, 0.3) is 0 Å². The average molecular weight is 254 g/mol. The third-order valence-electron chi connectivity index (χ3n) is 2.03. The second kappa shape index (κ2) is 4.77. The SMILES string of the molecule is CC(CC(F)(F)F)Nc1cc(F)cc(F)c1N. The Kier molecular flexibility index (Phi) is 3.79. The van der Waals surface area contributed by atoms with E-state index in [1.165, 1.54) is 6.92 Å². The normalized spacial score (nSPS) is 13.5. The maximum atomic E-state index is 13.0. The summed E-state index contributed by atoms with van der Waals surface area (Å²) in [7, 11) is 0. The van der Waals surface area contributed by atoms with Gasteiger partial charge < -0.3 is 11.1 Å². The molecule has 0 saturated heterocycles. The van der Waals surface area contributed by atoms with E-state index in [-0.39, 0.29) is 5.69 Å². The number of nitrogens with two attached hydrogens (primary N) is 1. The fourth-order valence-corrected chi connectivity index (χ4v) is 1.37. The lowest BCUT2D eigenvalue weighted by atomic mass is 10.2. The van der Waals surface area contributed by atoms with E-state index in [0.717, 1.165) is 6.07 Å². The van der Waals surface area contributed by atoms with Crippen LogP contribution in [0.1, 0.15) is 13.3 Å². The van der Waals surface area contributed by atoms with Crippen molar-refractivity contribution in [2.24, 2.45) is 0 Å². The van der Waals surface area contributed by atoms with Gasteiger partial charge in [0, 0.05) is 12.1 Å². The Morgan fingerprint density at radius 1 is 1.29 bits per heavy atom. The quantitative estimate of drug-likeness (QED) is 0.641. The van der Waals surface area contributed by atoms with Crippen LogP contribution >= 0.6 is 0 Å². The van der Waals surface area contributed by atoms with Crippen LogP contribution in [-0.4, -0.2) is 12.2 Å². The van der Waals surface area contributed by atoms with Crippen molar-refractivity contribution in [3.05, 3.63) is 23.8 Å². The summed E-state index contributed by atoms with van der Waals surface area (Å²) in [6.45, 7) is 1.25. The van der Waals surface area contributed by atoms with Crippen molar-refractivity contribution in [2.75, 3.05) is 11.1 Å². The van der Waals surface area contributed by atoms with Crippen LogP contribution < -0.4 is 11.1 Å². The van der Waals surface area contributed by atoms with E-state index >= 15 is 0 Å². The molecule has 1 atom stereocenters. The maximum Gasteiger partial charge on any atom is 0.391 e. The predicted octanol–water partition coefficient (Wildman–Crippen LogP) is 3.30. The van der Waals surface area contributed by atoms with Gasteiger partial charge in [-0.25, -0.2) is 8.78 Å². The molecule has 17 heavy (non-hydrogen) atoms. The highest BCUT2D eigenvalue weighted by Gasteiger charge is 2.30. The number of nitrogens with one attached hydrogen (secondary N) is 1. The summed E-state index contributed by atoms with van der Waals surface area (Å²) in [4.78, 5) is 0. The first-order valence-electron chi connectivity index (χ1n) is 4.77. The first-order chi connectivity index (χ1) is 7.69. The van der Waals surface area contributed by atoms with Gasteiger partial charge in [-0.05, 0) is 13.0 Å². The smallest absolute Gasteiger partial charge is 0.391 e. The standard InChI is InChI=1S/C10H11F5N2/c1-5(4-10(13,14)15)17-8-3-6(11)2-7(12)9(8)16/h2-3,5,17H,4,16H2,1H3. The Bertz CT molecular complexity index is 402. The number of benzene rings is 1. The molecule has 0 aliphatic heterocycles. The number of anilines is 2. The van der Waals surface area contributed by atoms with Gasteiger partial charge in [0.1, 0.15) is 5.82 Å². The van der Waals surface area contributed by atoms with Crippen molar-refractivity contribution < 1.29 is 22.0 Å². The van der Waals surface area contributed by atoms with Gasteiger partial charge in [-0.15, -0.1) is 0 Å². The van der Waals surface area contributed by atoms with Crippen LogP contribution in [-0.2, 0) is 0 Å². The molecule has 0 fully saturated rings. The molecule has 0 aliphatic carbocycles. The second-order valence-corrected chi connectivity index (χ2v) is 3.71. The molecule has 1 aromatic carbocycles. The summed E-state index contributed by atoms with van der Waals surface area (Å²) in [5, 5.41) is 2.32. The molecule has 2 nitrogen and oxygen atoms in total. The van der Waals surface area contributed by atoms with E-state index in [1.807, 2.05) is 0 Å². The lowest BCUT2D eigenvalue weighted by molar-refractivity contribution is -0.136. The van der Waals surface area contributed by atoms with Crippen molar-refractivity contribution in [1.29, 1.82) is 0 Å². The highest BCUT2D eigenvalue weighted by Crippen LogP contribution is 2.27. The zero-order valence-electron chi connectivity index (χ0n) is 8.91. The van der Waals surface area contributed by atoms with E-state index < -0.39 is 36.0 Å². The molecular formula is C10H11F5N2. The van der Waals surface area contributed by atoms with Crippen LogP contribution in [0.5, 0.6) is 0 Å². The summed E-state index contributed by atoms with van der Waals surface area (Å²) in [5.74, 6) is -1.91. The zero-order valence-corrected chi connectivity index (χ0v) is 8.91. The van der Waals surface area contributed by atoms with Crippen LogP contribution in [0, 0.1) is 11.6 Å². The lowest BCUT2D eigenvalue weighted by Crippen LogP contribution is -2.24. The molecule has 0 saturated carbocycles. The van der Waals surface area contributed by atoms with E-state index in [0.29, 0.717) is 6.07 Å². The third-order valence-corrected chi connectivity index (χ3v) is 2.03. The van der Waals surface area contributed by atoms with Gasteiger partial charge in [-0.1, -0.05) is 0 Å². The Morgan fingerprint density at radius 3 is 2.41 bits per heavy atom. The van der Waals surface area contributed by atoms with Crippen LogP contribution in [0.3, 0.4) is 0 Å². The van der Waals surface area contributed by atoms with Crippen molar-refractivity contribution in [1.82, 2.24) is 0 Å². The number of hydrogen-bond acceptors (Lipinski definition) is 2. The lowest BCUT2D eigenvalue weighted by Gasteiger charge is -2.18. The third kappa shape index (κ3) is 4.08. The van der Waals surface area contributed by atoms with E-state index in [1.54, 1.807) is 0 Å². The van der Waals surface area contributed by atoms with E-state index in [2.05, 4.69) is 5.32 Å². The summed E-state index contributed by atoms with van der Waals surface area (Å²) in [6, 6.07) is 0.388. The van der Waals surface area contributed by atoms with Crippen LogP contribution in [0.25, 0.3) is 0 Å². The molecule has 0 aromatic heterocycles. The van der Waals surface area contributed by atoms with Crippen molar-refractivity contribution in [3.63, 3.8) is 0 Å². The van der Waals surface area contributed by atoms with Crippen molar-refractivity contribution >= 4 is 11.4 Å². The molecule has 1 unspecified atom stereocenters. The Hall–Kier alpha value is -1.53. The average Bonchev–Trinajstić information content (AvgIpc) is 2.10. The summed E-state index contributed by atoms with van der Waals surface area (Å²) in [6.07, 6.45) is -5.47. The highest BCUT2D eigenvalue weighted by molar-refractivity contribution is 5.67. The first-order valence-corrected chi connectivity index (χ1v) is 4.77. The number of hydrogen-bond donors (Lipinski definition) is 2. The minimum absolute atomic E-state index is 0.181. The Balaban J connectivity index is 2.81. The number of alkyl halides is 3. The molecule has 0 aliphatic rings. The first kappa shape index (κ1) is 13.5. The molecule has 1 aromatic rings. The second-order valence-electron chi connectivity index (χ2n) is 3.71. The van der Waals surface area contributed by atoms with E-state index in [9.17, 15) is 22.0 Å². The monoisotopic (exact) mass is 254 g/mol. The molecule has 1 rings (SSSR count). The Labute approximate surface area is 94.6 Å². The molecule has 96 valence electrons. The largest absolute Gasteiger partial charge is 0.395 e. The molecule has 3 N–H and O–H groups in total. The number of nitrogen functional groups attached to an aromatic ring is 1. The van der Waals surface area contributed by atoms with Gasteiger partial charge in [0.05, 0.1) is 17.8 Å². The number of rotatable bonds is 3. The maximum absolute atomic E-state index is 13.0. The van der Waals surface area contributed by atoms with E-state index in [4.69, 9.17) is 5.73 Å². The minimum atomic E-state index is -4.35. The Morgan fingerprint density at radius 2 is 1.88 bits per heavy atom. The molecule has 0 amide bonds. The number of halogens is 5. The fraction of sp³-hybridized carbons (Fsp3) is 0.400. The molecule has 7 heteroatoms. The van der Waals surface area contributed by atoms with Crippen molar-refractivity contribution in [2.45, 2.75) is 25.6 Å². The van der Waals surface area contributed by atoms with Gasteiger partial charge in [0.15, 0.2) is 5.82 Å². The highest BCUT2D eigenvalue weighted by atomic mass is 19.4. The van der Waals surface area contributed by atoms with Crippen molar-refractivity contribution in [3.8, 4) is 0 Å². The minimum Gasteiger partial charge on any atom is -0.395 e. The molecule has 0 radical (unpaired) electrons. The van der Waals surface area contributed by atoms with Gasteiger partial charge in [-0.2, -0.15) is 13.2 Å². The predicted molar refractivity (Wildman–Crippen MR) is 54.5 cm³/mol. The molecule has 0 bridgehead atoms. The molecule has 0 heterocycles. The summed E-state index contributed by atoms with van der Waals surface area (Å²) >= 11 is 0.